The largest absolute Gasteiger partial charge is 0.293 e. The first-order valence-electron chi connectivity index (χ1n) is 5.71. The Morgan fingerprint density at radius 3 is 2.47 bits per heavy atom. The van der Waals surface area contributed by atoms with Crippen molar-refractivity contribution in [3.63, 3.8) is 0 Å². The number of benzene rings is 1. The minimum Gasteiger partial charge on any atom is -0.293 e. The maximum atomic E-state index is 12.2. The smallest absolute Gasteiger partial charge is 0.178 e. The molecule has 0 aromatic heterocycles. The quantitative estimate of drug-likeness (QED) is 0.595. The van der Waals surface area contributed by atoms with Crippen molar-refractivity contribution in [2.24, 2.45) is 0 Å². The van der Waals surface area contributed by atoms with Crippen molar-refractivity contribution in [1.82, 2.24) is 0 Å². The van der Waals surface area contributed by atoms with Crippen LogP contribution in [-0.4, -0.2) is 21.0 Å². The van der Waals surface area contributed by atoms with Gasteiger partial charge in [0.1, 0.15) is 5.25 Å². The molecule has 0 aliphatic carbocycles. The van der Waals surface area contributed by atoms with Gasteiger partial charge in [-0.15, -0.1) is 0 Å². The lowest BCUT2D eigenvalue weighted by Gasteiger charge is -2.22. The van der Waals surface area contributed by atoms with Crippen LogP contribution < -0.4 is 0 Å². The van der Waals surface area contributed by atoms with Crippen LogP contribution in [0.1, 0.15) is 30.6 Å². The van der Waals surface area contributed by atoms with Crippen molar-refractivity contribution < 1.29 is 9.00 Å². The highest BCUT2D eigenvalue weighted by molar-refractivity contribution is 7.86. The number of hydrogen-bond donors (Lipinski definition) is 0. The summed E-state index contributed by atoms with van der Waals surface area (Å²) in [4.78, 5) is 12.2. The Balaban J connectivity index is 2.25. The van der Waals surface area contributed by atoms with Gasteiger partial charge in [0, 0.05) is 22.1 Å². The molecule has 2 atom stereocenters. The minimum atomic E-state index is -1.07. The van der Waals surface area contributed by atoms with E-state index in [9.17, 15) is 9.00 Å². The molecule has 17 heavy (non-hydrogen) atoms. The van der Waals surface area contributed by atoms with E-state index in [1.165, 1.54) is 11.1 Å². The van der Waals surface area contributed by atoms with E-state index in [1.54, 1.807) is 12.1 Å². The number of Topliss-reactive ketones (excluding diaryl/α,β-unsaturated/α-hetero) is 1. The molecule has 2 rings (SSSR count). The third-order valence-corrected chi connectivity index (χ3v) is 4.98. The highest BCUT2D eigenvalue weighted by Crippen LogP contribution is 2.24. The molecule has 0 bridgehead atoms. The van der Waals surface area contributed by atoms with Crippen LogP contribution in [0.5, 0.6) is 0 Å². The molecule has 0 fully saturated rings. The first-order chi connectivity index (χ1) is 8.09. The second-order valence-corrected chi connectivity index (χ2v) is 6.13. The number of rotatable bonds is 2. The maximum absolute atomic E-state index is 12.2. The lowest BCUT2D eigenvalue weighted by Crippen LogP contribution is -2.31. The van der Waals surface area contributed by atoms with Crippen LogP contribution in [0, 0.1) is 0 Å². The molecule has 0 radical (unpaired) electrons. The molecule has 2 nitrogen and oxygen atoms in total. The molecule has 0 N–H and O–H groups in total. The van der Waals surface area contributed by atoms with Gasteiger partial charge in [0.25, 0.3) is 0 Å². The zero-order valence-electron chi connectivity index (χ0n) is 10.1. The van der Waals surface area contributed by atoms with Gasteiger partial charge in [0.15, 0.2) is 5.78 Å². The van der Waals surface area contributed by atoms with Gasteiger partial charge in [-0.3, -0.25) is 9.00 Å². The Bertz CT molecular complexity index is 488. The Morgan fingerprint density at radius 2 is 1.82 bits per heavy atom. The van der Waals surface area contributed by atoms with Crippen molar-refractivity contribution >= 4 is 16.6 Å². The van der Waals surface area contributed by atoms with Crippen molar-refractivity contribution in [3.05, 3.63) is 47.0 Å². The first-order valence-corrected chi connectivity index (χ1v) is 7.09. The van der Waals surface area contributed by atoms with Crippen molar-refractivity contribution in [2.45, 2.75) is 25.5 Å². The van der Waals surface area contributed by atoms with Gasteiger partial charge >= 0.3 is 0 Å². The van der Waals surface area contributed by atoms with Crippen LogP contribution in [-0.2, 0) is 10.8 Å². The minimum absolute atomic E-state index is 0.00998. The van der Waals surface area contributed by atoms with Crippen LogP contribution in [0.15, 0.2) is 41.5 Å². The summed E-state index contributed by atoms with van der Waals surface area (Å²) in [5, 5.41) is -0.360. The van der Waals surface area contributed by atoms with Gasteiger partial charge in [0.05, 0.1) is 0 Å². The highest BCUT2D eigenvalue weighted by Gasteiger charge is 2.30. The summed E-state index contributed by atoms with van der Waals surface area (Å²) in [5.41, 5.74) is 3.04. The van der Waals surface area contributed by atoms with Crippen molar-refractivity contribution in [3.8, 4) is 0 Å². The van der Waals surface area contributed by atoms with Crippen LogP contribution >= 0.6 is 0 Å². The summed E-state index contributed by atoms with van der Waals surface area (Å²) in [7, 11) is -1.07. The predicted octanol–water partition coefficient (Wildman–Crippen LogP) is 2.73. The molecular weight excluding hydrogens is 232 g/mol. The third kappa shape index (κ3) is 2.55. The van der Waals surface area contributed by atoms with Gasteiger partial charge in [-0.2, -0.15) is 0 Å². The highest BCUT2D eigenvalue weighted by atomic mass is 32.2. The zero-order chi connectivity index (χ0) is 12.4. The van der Waals surface area contributed by atoms with E-state index in [1.807, 2.05) is 32.0 Å². The topological polar surface area (TPSA) is 34.1 Å². The standard InChI is InChI=1S/C14H16O2S/c1-10-8-13(17(16)9-11(10)2)14(15)12-6-4-3-5-7-12/h3-7,13H,8-9H2,1-2H3/t13-,17+/m1/s1. The van der Waals surface area contributed by atoms with E-state index in [-0.39, 0.29) is 11.0 Å². The average Bonchev–Trinajstić information content (AvgIpc) is 2.34. The molecule has 0 spiro atoms. The molecule has 0 unspecified atom stereocenters. The molecule has 0 amide bonds. The molecule has 1 heterocycles. The van der Waals surface area contributed by atoms with Gasteiger partial charge in [-0.05, 0) is 20.3 Å². The van der Waals surface area contributed by atoms with Gasteiger partial charge in [-0.25, -0.2) is 0 Å². The van der Waals surface area contributed by atoms with Crippen LogP contribution in [0.2, 0.25) is 0 Å². The van der Waals surface area contributed by atoms with E-state index in [2.05, 4.69) is 0 Å². The second kappa shape index (κ2) is 4.96. The second-order valence-electron chi connectivity index (χ2n) is 4.51. The normalized spacial score (nSPS) is 24.8. The molecular formula is C14H16O2S. The van der Waals surface area contributed by atoms with Crippen molar-refractivity contribution in [1.29, 1.82) is 0 Å². The van der Waals surface area contributed by atoms with E-state index in [0.717, 1.165) is 0 Å². The van der Waals surface area contributed by atoms with E-state index in [0.29, 0.717) is 17.7 Å². The van der Waals surface area contributed by atoms with Crippen molar-refractivity contribution in [2.75, 3.05) is 5.75 Å². The molecule has 0 saturated carbocycles. The van der Waals surface area contributed by atoms with E-state index < -0.39 is 10.8 Å². The molecule has 1 aromatic carbocycles. The number of hydrogen-bond acceptors (Lipinski definition) is 2. The Labute approximate surface area is 104 Å². The fraction of sp³-hybridized carbons (Fsp3) is 0.357. The summed E-state index contributed by atoms with van der Waals surface area (Å²) < 4.78 is 12.0. The van der Waals surface area contributed by atoms with Crippen LogP contribution in [0.3, 0.4) is 0 Å². The van der Waals surface area contributed by atoms with Crippen LogP contribution in [0.25, 0.3) is 0 Å². The average molecular weight is 248 g/mol. The number of carbonyl (C=O) groups excluding carboxylic acids is 1. The summed E-state index contributed by atoms with van der Waals surface area (Å²) in [5.74, 6) is 0.547. The SMILES string of the molecule is CC1=C(C)C[S@](=O)[C@@H](C(=O)c2ccccc2)C1. The number of carbonyl (C=O) groups is 1. The zero-order valence-corrected chi connectivity index (χ0v) is 10.9. The molecule has 90 valence electrons. The first kappa shape index (κ1) is 12.2. The van der Waals surface area contributed by atoms with Gasteiger partial charge < -0.3 is 0 Å². The van der Waals surface area contributed by atoms with Gasteiger partial charge in [0.2, 0.25) is 0 Å². The molecule has 3 heteroatoms. The summed E-state index contributed by atoms with van der Waals surface area (Å²) in [6.45, 7) is 4.02. The molecule has 0 saturated heterocycles. The summed E-state index contributed by atoms with van der Waals surface area (Å²) >= 11 is 0. The Kier molecular flexibility index (Phi) is 3.57. The van der Waals surface area contributed by atoms with Crippen LogP contribution in [0.4, 0.5) is 0 Å². The fourth-order valence-corrected chi connectivity index (χ4v) is 3.67. The lowest BCUT2D eigenvalue weighted by atomic mass is 10.0. The monoisotopic (exact) mass is 248 g/mol. The molecule has 1 aromatic rings. The lowest BCUT2D eigenvalue weighted by molar-refractivity contribution is 0.0987. The third-order valence-electron chi connectivity index (χ3n) is 3.25. The summed E-state index contributed by atoms with van der Waals surface area (Å²) in [6, 6.07) is 9.14. The van der Waals surface area contributed by atoms with E-state index in [4.69, 9.17) is 0 Å². The Hall–Kier alpha value is -1.22. The number of allylic oxidation sites excluding steroid dienone is 1. The predicted molar refractivity (Wildman–Crippen MR) is 70.6 cm³/mol. The summed E-state index contributed by atoms with van der Waals surface area (Å²) in [6.07, 6.45) is 0.631. The molecule has 1 aliphatic heterocycles. The Morgan fingerprint density at radius 1 is 1.18 bits per heavy atom. The number of ketones is 1. The molecule has 1 aliphatic rings. The van der Waals surface area contributed by atoms with Gasteiger partial charge in [-0.1, -0.05) is 41.5 Å². The fourth-order valence-electron chi connectivity index (χ4n) is 1.98. The maximum Gasteiger partial charge on any atom is 0.178 e. The van der Waals surface area contributed by atoms with E-state index >= 15 is 0 Å².